The van der Waals surface area contributed by atoms with E-state index in [1.165, 1.54) is 24.3 Å². The van der Waals surface area contributed by atoms with E-state index in [9.17, 15) is 9.18 Å². The van der Waals surface area contributed by atoms with Gasteiger partial charge in [0.1, 0.15) is 5.82 Å². The van der Waals surface area contributed by atoms with Crippen LogP contribution in [-0.2, 0) is 0 Å². The van der Waals surface area contributed by atoms with Crippen molar-refractivity contribution in [2.75, 3.05) is 11.1 Å². The summed E-state index contributed by atoms with van der Waals surface area (Å²) in [5, 5.41) is 11.8. The molecular weight excluding hydrogens is 247 g/mol. The maximum Gasteiger partial charge on any atom is 0.335 e. The zero-order valence-corrected chi connectivity index (χ0v) is 10.3. The van der Waals surface area contributed by atoms with Gasteiger partial charge in [0, 0.05) is 5.69 Å². The lowest BCUT2D eigenvalue weighted by Gasteiger charge is -2.12. The fourth-order valence-electron chi connectivity index (χ4n) is 1.68. The van der Waals surface area contributed by atoms with Crippen molar-refractivity contribution in [3.63, 3.8) is 0 Å². The van der Waals surface area contributed by atoms with E-state index in [2.05, 4.69) is 5.32 Å². The Morgan fingerprint density at radius 3 is 2.58 bits per heavy atom. The Labute approximate surface area is 109 Å². The number of nitrogens with one attached hydrogen (secondary N) is 1. The second-order valence-corrected chi connectivity index (χ2v) is 4.19. The molecule has 0 saturated carbocycles. The highest BCUT2D eigenvalue weighted by Gasteiger charge is 2.08. The Morgan fingerprint density at radius 2 is 1.95 bits per heavy atom. The van der Waals surface area contributed by atoms with Gasteiger partial charge in [-0.15, -0.1) is 0 Å². The van der Waals surface area contributed by atoms with Gasteiger partial charge in [-0.1, -0.05) is 6.07 Å². The van der Waals surface area contributed by atoms with Crippen molar-refractivity contribution in [3.05, 3.63) is 53.3 Å². The lowest BCUT2D eigenvalue weighted by Crippen LogP contribution is -2.02. The predicted molar refractivity (Wildman–Crippen MR) is 72.2 cm³/mol. The van der Waals surface area contributed by atoms with Gasteiger partial charge in [0.05, 0.1) is 16.9 Å². The fourth-order valence-corrected chi connectivity index (χ4v) is 1.68. The van der Waals surface area contributed by atoms with Gasteiger partial charge in [0.2, 0.25) is 0 Å². The van der Waals surface area contributed by atoms with Crippen LogP contribution >= 0.6 is 0 Å². The largest absolute Gasteiger partial charge is 0.478 e. The van der Waals surface area contributed by atoms with E-state index in [-0.39, 0.29) is 11.4 Å². The molecule has 0 saturated heterocycles. The van der Waals surface area contributed by atoms with Crippen LogP contribution in [0, 0.1) is 12.7 Å². The second kappa shape index (κ2) is 4.97. The molecule has 2 aromatic carbocycles. The third kappa shape index (κ3) is 2.82. The van der Waals surface area contributed by atoms with Gasteiger partial charge < -0.3 is 16.2 Å². The Hall–Kier alpha value is -2.56. The van der Waals surface area contributed by atoms with Gasteiger partial charge >= 0.3 is 5.97 Å². The number of carbonyl (C=O) groups is 1. The number of halogens is 1. The summed E-state index contributed by atoms with van der Waals surface area (Å²) in [7, 11) is 0. The zero-order chi connectivity index (χ0) is 14.0. The summed E-state index contributed by atoms with van der Waals surface area (Å²) in [6.07, 6.45) is 0. The third-order valence-corrected chi connectivity index (χ3v) is 2.77. The van der Waals surface area contributed by atoms with E-state index in [1.807, 2.05) is 6.92 Å². The van der Waals surface area contributed by atoms with Gasteiger partial charge in [-0.3, -0.25) is 0 Å². The minimum Gasteiger partial charge on any atom is -0.478 e. The quantitative estimate of drug-likeness (QED) is 0.741. The normalized spacial score (nSPS) is 10.2. The van der Waals surface area contributed by atoms with Crippen molar-refractivity contribution in [2.24, 2.45) is 0 Å². The molecule has 0 fully saturated rings. The van der Waals surface area contributed by atoms with Crippen LogP contribution in [0.15, 0.2) is 36.4 Å². The van der Waals surface area contributed by atoms with Crippen molar-refractivity contribution in [1.29, 1.82) is 0 Å². The number of hydrogen-bond acceptors (Lipinski definition) is 3. The van der Waals surface area contributed by atoms with Crippen LogP contribution in [0.5, 0.6) is 0 Å². The van der Waals surface area contributed by atoms with Crippen LogP contribution in [0.1, 0.15) is 15.9 Å². The molecule has 5 heteroatoms. The number of hydrogen-bond donors (Lipinski definition) is 3. The zero-order valence-electron chi connectivity index (χ0n) is 10.3. The van der Waals surface area contributed by atoms with Gasteiger partial charge in [-0.05, 0) is 42.8 Å². The van der Waals surface area contributed by atoms with Crippen LogP contribution in [-0.4, -0.2) is 11.1 Å². The number of carboxylic acid groups (broad SMARTS) is 1. The van der Waals surface area contributed by atoms with Gasteiger partial charge in [-0.2, -0.15) is 0 Å². The van der Waals surface area contributed by atoms with Crippen LogP contribution in [0.3, 0.4) is 0 Å². The van der Waals surface area contributed by atoms with Gasteiger partial charge in [-0.25, -0.2) is 9.18 Å². The molecule has 2 aromatic rings. The lowest BCUT2D eigenvalue weighted by atomic mass is 10.1. The number of carboxylic acids is 1. The van der Waals surface area contributed by atoms with Crippen molar-refractivity contribution >= 4 is 23.0 Å². The highest BCUT2D eigenvalue weighted by molar-refractivity contribution is 5.90. The number of aromatic carboxylic acids is 1. The van der Waals surface area contributed by atoms with Crippen LogP contribution in [0.2, 0.25) is 0 Å². The molecule has 0 aliphatic carbocycles. The molecule has 0 radical (unpaired) electrons. The summed E-state index contributed by atoms with van der Waals surface area (Å²) in [5.74, 6) is -1.39. The topological polar surface area (TPSA) is 75.3 Å². The molecule has 0 atom stereocenters. The smallest absolute Gasteiger partial charge is 0.335 e. The Morgan fingerprint density at radius 1 is 1.21 bits per heavy atom. The van der Waals surface area contributed by atoms with Crippen LogP contribution in [0.4, 0.5) is 21.5 Å². The Kier molecular flexibility index (Phi) is 3.37. The summed E-state index contributed by atoms with van der Waals surface area (Å²) in [6.45, 7) is 1.84. The fraction of sp³-hybridized carbons (Fsp3) is 0.0714. The number of nitrogens with two attached hydrogens (primary N) is 1. The molecule has 0 aliphatic rings. The molecular formula is C14H13FN2O2. The van der Waals surface area contributed by atoms with Crippen molar-refractivity contribution in [2.45, 2.75) is 6.92 Å². The Balaban J connectivity index is 2.33. The van der Waals surface area contributed by atoms with E-state index >= 15 is 0 Å². The Bertz CT molecular complexity index is 641. The number of aryl methyl sites for hydroxylation is 1. The van der Waals surface area contributed by atoms with E-state index in [1.54, 1.807) is 12.1 Å². The summed E-state index contributed by atoms with van der Waals surface area (Å²) >= 11 is 0. The summed E-state index contributed by atoms with van der Waals surface area (Å²) in [4.78, 5) is 10.8. The van der Waals surface area contributed by atoms with Crippen molar-refractivity contribution in [3.8, 4) is 0 Å². The van der Waals surface area contributed by atoms with Gasteiger partial charge in [0.15, 0.2) is 0 Å². The monoisotopic (exact) mass is 260 g/mol. The molecule has 0 amide bonds. The highest BCUT2D eigenvalue weighted by Crippen LogP contribution is 2.26. The molecule has 2 rings (SSSR count). The SMILES string of the molecule is Cc1ccc(F)cc1Nc1ccc(C(=O)O)cc1N. The minimum atomic E-state index is -1.04. The number of nitrogen functional groups attached to an aromatic ring is 1. The number of benzene rings is 2. The van der Waals surface area contributed by atoms with Gasteiger partial charge in [0.25, 0.3) is 0 Å². The van der Waals surface area contributed by atoms with Crippen LogP contribution < -0.4 is 11.1 Å². The highest BCUT2D eigenvalue weighted by atomic mass is 19.1. The molecule has 0 aromatic heterocycles. The minimum absolute atomic E-state index is 0.110. The van der Waals surface area contributed by atoms with E-state index < -0.39 is 5.97 Å². The van der Waals surface area contributed by atoms with Crippen molar-refractivity contribution < 1.29 is 14.3 Å². The first kappa shape index (κ1) is 12.9. The maximum atomic E-state index is 13.2. The standard InChI is InChI=1S/C14H13FN2O2/c1-8-2-4-10(15)7-13(8)17-12-5-3-9(14(18)19)6-11(12)16/h2-7,17H,16H2,1H3,(H,18,19). The third-order valence-electron chi connectivity index (χ3n) is 2.77. The molecule has 0 bridgehead atoms. The average Bonchev–Trinajstić information content (AvgIpc) is 2.36. The molecule has 4 N–H and O–H groups in total. The van der Waals surface area contributed by atoms with Crippen molar-refractivity contribution in [1.82, 2.24) is 0 Å². The summed E-state index contributed by atoms with van der Waals surface area (Å²) in [5.41, 5.74) is 8.18. The second-order valence-electron chi connectivity index (χ2n) is 4.19. The molecule has 4 nitrogen and oxygen atoms in total. The molecule has 0 aliphatic heterocycles. The molecule has 19 heavy (non-hydrogen) atoms. The first-order chi connectivity index (χ1) is 8.97. The molecule has 98 valence electrons. The molecule has 0 unspecified atom stereocenters. The average molecular weight is 260 g/mol. The predicted octanol–water partition coefficient (Wildman–Crippen LogP) is 3.16. The maximum absolute atomic E-state index is 13.2. The number of anilines is 3. The van der Waals surface area contributed by atoms with Crippen LogP contribution in [0.25, 0.3) is 0 Å². The van der Waals surface area contributed by atoms with E-state index in [0.29, 0.717) is 17.1 Å². The molecule has 0 spiro atoms. The lowest BCUT2D eigenvalue weighted by molar-refractivity contribution is 0.0697. The first-order valence-corrected chi connectivity index (χ1v) is 5.63. The van der Waals surface area contributed by atoms with E-state index in [0.717, 1.165) is 5.56 Å². The number of rotatable bonds is 3. The van der Waals surface area contributed by atoms with E-state index in [4.69, 9.17) is 10.8 Å². The first-order valence-electron chi connectivity index (χ1n) is 5.63. The molecule has 0 heterocycles. The summed E-state index contributed by atoms with van der Waals surface area (Å²) < 4.78 is 13.2. The summed E-state index contributed by atoms with van der Waals surface area (Å²) in [6, 6.07) is 8.74.